The molecule has 0 saturated carbocycles. The first kappa shape index (κ1) is 17.2. The summed E-state index contributed by atoms with van der Waals surface area (Å²) in [5, 5.41) is 0.669. The molecule has 128 valence electrons. The molecule has 1 heterocycles. The van der Waals surface area contributed by atoms with Crippen molar-refractivity contribution in [3.05, 3.63) is 77.3 Å². The van der Waals surface area contributed by atoms with Gasteiger partial charge in [-0.3, -0.25) is 4.79 Å². The lowest BCUT2D eigenvalue weighted by Gasteiger charge is -2.17. The van der Waals surface area contributed by atoms with Gasteiger partial charge in [0.1, 0.15) is 0 Å². The molecule has 3 aromatic rings. The van der Waals surface area contributed by atoms with E-state index in [9.17, 15) is 4.79 Å². The van der Waals surface area contributed by atoms with Crippen LogP contribution in [0.5, 0.6) is 0 Å². The van der Waals surface area contributed by atoms with E-state index >= 15 is 0 Å². The number of carbonyl (C=O) groups excluding carboxylic acids is 1. The number of amides is 1. The van der Waals surface area contributed by atoms with Crippen molar-refractivity contribution in [1.82, 2.24) is 9.88 Å². The van der Waals surface area contributed by atoms with Crippen LogP contribution in [0.2, 0.25) is 5.02 Å². The van der Waals surface area contributed by atoms with E-state index in [0.717, 1.165) is 11.1 Å². The van der Waals surface area contributed by atoms with Gasteiger partial charge in [-0.2, -0.15) is 0 Å². The van der Waals surface area contributed by atoms with E-state index in [0.29, 0.717) is 36.1 Å². The Labute approximate surface area is 152 Å². The molecule has 2 aromatic carbocycles. The minimum absolute atomic E-state index is 0.0272. The quantitative estimate of drug-likeness (QED) is 0.650. The molecule has 4 nitrogen and oxygen atoms in total. The van der Waals surface area contributed by atoms with Gasteiger partial charge >= 0.3 is 0 Å². The molecule has 0 fully saturated rings. The molecule has 0 aliphatic heterocycles. The largest absolute Gasteiger partial charge is 0.441 e. The first-order valence-electron chi connectivity index (χ1n) is 8.11. The lowest BCUT2D eigenvalue weighted by molar-refractivity contribution is -0.130. The van der Waals surface area contributed by atoms with Crippen LogP contribution >= 0.6 is 11.6 Å². The van der Waals surface area contributed by atoms with Crippen molar-refractivity contribution in [2.45, 2.75) is 19.4 Å². The van der Waals surface area contributed by atoms with Crippen molar-refractivity contribution in [3.63, 3.8) is 0 Å². The maximum atomic E-state index is 12.3. The van der Waals surface area contributed by atoms with Crippen molar-refractivity contribution in [1.29, 1.82) is 0 Å². The monoisotopic (exact) mass is 354 g/mol. The third kappa shape index (κ3) is 4.48. The maximum Gasteiger partial charge on any atom is 0.223 e. The van der Waals surface area contributed by atoms with Gasteiger partial charge in [-0.1, -0.05) is 60.1 Å². The average molecular weight is 355 g/mol. The smallest absolute Gasteiger partial charge is 0.223 e. The fraction of sp³-hybridized carbons (Fsp3) is 0.200. The van der Waals surface area contributed by atoms with E-state index in [1.54, 1.807) is 18.1 Å². The van der Waals surface area contributed by atoms with Gasteiger partial charge in [0, 0.05) is 37.0 Å². The number of carbonyl (C=O) groups is 1. The zero-order valence-electron chi connectivity index (χ0n) is 14.0. The first-order valence-corrected chi connectivity index (χ1v) is 8.49. The van der Waals surface area contributed by atoms with Crippen molar-refractivity contribution < 1.29 is 9.21 Å². The summed E-state index contributed by atoms with van der Waals surface area (Å²) in [6, 6.07) is 17.3. The molecule has 5 heteroatoms. The number of nitrogens with zero attached hydrogens (tertiary/aromatic N) is 2. The van der Waals surface area contributed by atoms with Crippen LogP contribution in [0.15, 0.2) is 65.2 Å². The summed E-state index contributed by atoms with van der Waals surface area (Å²) < 4.78 is 5.73. The summed E-state index contributed by atoms with van der Waals surface area (Å²) in [6.45, 7) is 0.485. The van der Waals surface area contributed by atoms with Crippen molar-refractivity contribution in [3.8, 4) is 11.3 Å². The summed E-state index contributed by atoms with van der Waals surface area (Å²) in [5.41, 5.74) is 1.91. The van der Waals surface area contributed by atoms with E-state index in [-0.39, 0.29) is 5.91 Å². The van der Waals surface area contributed by atoms with Crippen LogP contribution in [0, 0.1) is 0 Å². The van der Waals surface area contributed by atoms with Crippen LogP contribution in [0.25, 0.3) is 11.3 Å². The Hall–Kier alpha value is -2.59. The van der Waals surface area contributed by atoms with E-state index in [1.807, 2.05) is 54.6 Å². The summed E-state index contributed by atoms with van der Waals surface area (Å²) >= 11 is 6.14. The van der Waals surface area contributed by atoms with Gasteiger partial charge in [0.15, 0.2) is 11.7 Å². The highest BCUT2D eigenvalue weighted by Crippen LogP contribution is 2.21. The highest BCUT2D eigenvalue weighted by molar-refractivity contribution is 6.31. The molecule has 0 N–H and O–H groups in total. The highest BCUT2D eigenvalue weighted by atomic mass is 35.5. The topological polar surface area (TPSA) is 46.3 Å². The van der Waals surface area contributed by atoms with E-state index in [1.165, 1.54) is 0 Å². The number of aromatic nitrogens is 1. The molecule has 3 rings (SSSR count). The van der Waals surface area contributed by atoms with Crippen molar-refractivity contribution >= 4 is 17.5 Å². The fourth-order valence-corrected chi connectivity index (χ4v) is 2.73. The number of hydrogen-bond acceptors (Lipinski definition) is 3. The molecule has 0 unspecified atom stereocenters. The predicted octanol–water partition coefficient (Wildman–Crippen LogP) is 4.59. The van der Waals surface area contributed by atoms with E-state index < -0.39 is 0 Å². The van der Waals surface area contributed by atoms with Crippen LogP contribution in [0.1, 0.15) is 17.9 Å². The van der Waals surface area contributed by atoms with Gasteiger partial charge in [-0.25, -0.2) is 4.98 Å². The van der Waals surface area contributed by atoms with Crippen LogP contribution < -0.4 is 0 Å². The third-order valence-electron chi connectivity index (χ3n) is 3.96. The number of aryl methyl sites for hydroxylation is 1. The molecule has 0 saturated heterocycles. The summed E-state index contributed by atoms with van der Waals surface area (Å²) in [6.07, 6.45) is 2.51. The number of benzene rings is 2. The second-order valence-corrected chi connectivity index (χ2v) is 6.23. The molecule has 0 aliphatic carbocycles. The Balaban J connectivity index is 1.55. The number of oxazole rings is 1. The zero-order valence-corrected chi connectivity index (χ0v) is 14.7. The molecule has 0 bridgehead atoms. The Morgan fingerprint density at radius 1 is 1.12 bits per heavy atom. The summed E-state index contributed by atoms with van der Waals surface area (Å²) in [5.74, 6) is 1.31. The molecular formula is C20H19ClN2O2. The maximum absolute atomic E-state index is 12.3. The average Bonchev–Trinajstić information content (AvgIpc) is 3.11. The van der Waals surface area contributed by atoms with Gasteiger partial charge in [0.2, 0.25) is 5.91 Å². The molecule has 0 aliphatic rings. The molecule has 0 spiro atoms. The Morgan fingerprint density at radius 2 is 1.84 bits per heavy atom. The lowest BCUT2D eigenvalue weighted by atomic mass is 10.2. The highest BCUT2D eigenvalue weighted by Gasteiger charge is 2.13. The molecular weight excluding hydrogens is 336 g/mol. The van der Waals surface area contributed by atoms with Gasteiger partial charge < -0.3 is 9.32 Å². The number of halogens is 1. The number of hydrogen-bond donors (Lipinski definition) is 0. The van der Waals surface area contributed by atoms with Crippen molar-refractivity contribution in [2.24, 2.45) is 0 Å². The molecule has 1 aromatic heterocycles. The lowest BCUT2D eigenvalue weighted by Crippen LogP contribution is -2.26. The molecule has 0 radical (unpaired) electrons. The summed E-state index contributed by atoms with van der Waals surface area (Å²) in [7, 11) is 1.77. The molecule has 0 atom stereocenters. The van der Waals surface area contributed by atoms with Gasteiger partial charge in [0.05, 0.1) is 6.20 Å². The minimum atomic E-state index is 0.0272. The first-order chi connectivity index (χ1) is 12.1. The standard InChI is InChI=1S/C20H19ClN2O2/c1-23(14-16-9-5-6-10-17(16)21)20(24)12-11-19-22-13-18(25-19)15-7-3-2-4-8-15/h2-10,13H,11-12,14H2,1H3. The second-order valence-electron chi connectivity index (χ2n) is 5.83. The summed E-state index contributed by atoms with van der Waals surface area (Å²) in [4.78, 5) is 18.3. The van der Waals surface area contributed by atoms with Gasteiger partial charge in [-0.05, 0) is 11.6 Å². The van der Waals surface area contributed by atoms with Gasteiger partial charge in [0.25, 0.3) is 0 Å². The van der Waals surface area contributed by atoms with Crippen LogP contribution in [0.3, 0.4) is 0 Å². The normalized spacial score (nSPS) is 10.6. The molecule has 1 amide bonds. The van der Waals surface area contributed by atoms with Gasteiger partial charge in [-0.15, -0.1) is 0 Å². The minimum Gasteiger partial charge on any atom is -0.441 e. The third-order valence-corrected chi connectivity index (χ3v) is 4.32. The Morgan fingerprint density at radius 3 is 2.60 bits per heavy atom. The predicted molar refractivity (Wildman–Crippen MR) is 98.2 cm³/mol. The Kier molecular flexibility index (Phi) is 5.51. The van der Waals surface area contributed by atoms with Crippen LogP contribution in [0.4, 0.5) is 0 Å². The SMILES string of the molecule is CN(Cc1ccccc1Cl)C(=O)CCc1ncc(-c2ccccc2)o1. The van der Waals surface area contributed by atoms with E-state index in [2.05, 4.69) is 4.98 Å². The van der Waals surface area contributed by atoms with Crippen LogP contribution in [-0.2, 0) is 17.8 Å². The molecule has 25 heavy (non-hydrogen) atoms. The zero-order chi connectivity index (χ0) is 17.6. The second kappa shape index (κ2) is 7.99. The Bertz CT molecular complexity index is 846. The number of rotatable bonds is 6. The van der Waals surface area contributed by atoms with E-state index in [4.69, 9.17) is 16.0 Å². The van der Waals surface area contributed by atoms with Crippen molar-refractivity contribution in [2.75, 3.05) is 7.05 Å². The fourth-order valence-electron chi connectivity index (χ4n) is 2.54. The van der Waals surface area contributed by atoms with Crippen LogP contribution in [-0.4, -0.2) is 22.8 Å².